The van der Waals surface area contributed by atoms with Gasteiger partial charge in [-0.2, -0.15) is 9.36 Å². The Morgan fingerprint density at radius 1 is 0.694 bits per heavy atom. The molecule has 5 heterocycles. The number of carboxylic acid groups (broad SMARTS) is 1. The van der Waals surface area contributed by atoms with E-state index >= 15 is 0 Å². The Morgan fingerprint density at radius 2 is 1.12 bits per heavy atom. The summed E-state index contributed by atoms with van der Waals surface area (Å²) in [5, 5.41) is 50.4. The van der Waals surface area contributed by atoms with Gasteiger partial charge in [0.15, 0.2) is 46.6 Å². The fourth-order valence-electron chi connectivity index (χ4n) is 6.14. The Balaban J connectivity index is 0.00000114. The first kappa shape index (κ1) is 76.4. The zero-order valence-electron chi connectivity index (χ0n) is 43.9. The molecular weight excluding hydrogens is 1240 g/mol. The molecule has 34 nitrogen and oxygen atoms in total. The van der Waals surface area contributed by atoms with Crippen molar-refractivity contribution in [3.05, 3.63) is 159 Å². The number of hydrogen-bond acceptors (Lipinski definition) is 23. The summed E-state index contributed by atoms with van der Waals surface area (Å²) >= 11 is 0. The molecule has 45 heteroatoms. The number of nitrogens with zero attached hydrogens (tertiary/aromatic N) is 16. The van der Waals surface area contributed by atoms with E-state index in [9.17, 15) is 57.6 Å². The Hall–Kier alpha value is -8.59. The standard InChI is InChI=1S/C14H11F2N5O4S.C14H14F2N4O4S.C12H7F2N5O2.ClH.H4N6.HNO2.2Na.H2O/c1-25-14(22)11-6-8(7-20(11)26(2,23)24)13-17-18-19-21(13)10-5-3-4-9(15)12(10)16;1-24-14(21)11-6-8(7-20(11)25(2,22)23)13(19-17)18-10-5-3-4-9(15)12(10)16;13-7-2-1-3-9(10(7)14)19-11(16-17-18-19)6-4-8(12(20)21)15-5-6;;1-3-5-6-4-2;2-1-3;;;/h3-7H,1-2H3;3-7H,17H2,1-2H3,(H,18,19);1-5,15H,(H,20,21);1H;(H2,1,4,5)(H2,2,3,6);(H,2,3);;;1H2/q;;;;;;2*+1;/p-2. The zero-order valence-corrected chi connectivity index (χ0v) is 50.4. The average molecular weight is 1280 g/mol. The van der Waals surface area contributed by atoms with Gasteiger partial charge in [-0.05, 0) is 85.9 Å². The first-order valence-electron chi connectivity index (χ1n) is 20.9. The molecule has 0 radical (unpaired) electrons. The van der Waals surface area contributed by atoms with Gasteiger partial charge in [0.2, 0.25) is 20.0 Å². The van der Waals surface area contributed by atoms with E-state index in [-0.39, 0.29) is 140 Å². The van der Waals surface area contributed by atoms with E-state index in [0.29, 0.717) is 13.5 Å². The number of nitrogens with two attached hydrogens (primary N) is 3. The van der Waals surface area contributed by atoms with Gasteiger partial charge in [-0.3, -0.25) is 0 Å². The Kier molecular flexibility index (Phi) is 31.4. The number of hydrogen-bond donors (Lipinski definition) is 6. The number of amidine groups is 1. The number of carbonyl (C=O) groups is 3. The number of tetrazole rings is 2. The van der Waals surface area contributed by atoms with Crippen LogP contribution < -0.4 is 82.1 Å². The summed E-state index contributed by atoms with van der Waals surface area (Å²) in [6, 6.07) is 14.0. The van der Waals surface area contributed by atoms with E-state index in [2.05, 4.69) is 88.5 Å². The van der Waals surface area contributed by atoms with Crippen LogP contribution >= 0.6 is 12.4 Å². The number of halogens is 7. The minimum Gasteiger partial charge on any atom is -0.870 e. The van der Waals surface area contributed by atoms with Gasteiger partial charge in [0, 0.05) is 35.3 Å². The number of ether oxygens (including phenoxy) is 2. The maximum Gasteiger partial charge on any atom is 1.00 e. The van der Waals surface area contributed by atoms with Crippen LogP contribution in [-0.2, 0) is 29.5 Å². The monoisotopic (exact) mass is 1280 g/mol. The van der Waals surface area contributed by atoms with E-state index in [1.165, 1.54) is 54.7 Å². The van der Waals surface area contributed by atoms with Crippen LogP contribution in [-0.4, -0.2) is 131 Å². The van der Waals surface area contributed by atoms with Gasteiger partial charge >= 0.3 is 77.0 Å². The largest absolute Gasteiger partial charge is 1.00 e. The summed E-state index contributed by atoms with van der Waals surface area (Å²) in [5.74, 6) is 4.38. The average Bonchev–Trinajstić information content (AvgIpc) is 3.75. The summed E-state index contributed by atoms with van der Waals surface area (Å²) in [7, 11) is -5.51. The third kappa shape index (κ3) is 19.8. The van der Waals surface area contributed by atoms with Crippen molar-refractivity contribution in [3.63, 3.8) is 0 Å². The maximum atomic E-state index is 14.1. The molecule has 8 aromatic rings. The van der Waals surface area contributed by atoms with Gasteiger partial charge in [0.25, 0.3) is 0 Å². The molecule has 0 saturated heterocycles. The van der Waals surface area contributed by atoms with E-state index in [1.54, 1.807) is 0 Å². The number of methoxy groups -OCH3 is 2. The molecule has 10 N–H and O–H groups in total. The number of aromatic amines is 1. The fourth-order valence-corrected chi connectivity index (χ4v) is 7.72. The number of carbonyl (C=O) groups excluding carboxylic acids is 2. The number of aromatic nitrogens is 11. The summed E-state index contributed by atoms with van der Waals surface area (Å²) < 4.78 is 141. The van der Waals surface area contributed by atoms with Gasteiger partial charge in [-0.1, -0.05) is 28.6 Å². The van der Waals surface area contributed by atoms with Crippen molar-refractivity contribution in [2.45, 2.75) is 0 Å². The van der Waals surface area contributed by atoms with Crippen LogP contribution in [0.3, 0.4) is 0 Å². The van der Waals surface area contributed by atoms with Crippen LogP contribution in [0.4, 0.5) is 32.0 Å². The maximum absolute atomic E-state index is 14.1. The minimum atomic E-state index is -3.85. The van der Waals surface area contributed by atoms with Gasteiger partial charge in [0.1, 0.15) is 40.0 Å². The minimum absolute atomic E-state index is 0. The molecular formula is C40H38ClF6N21Na2O13S2. The summed E-state index contributed by atoms with van der Waals surface area (Å²) in [5.41, 5.74) is 1.16. The third-order valence-electron chi connectivity index (χ3n) is 9.48. The quantitative estimate of drug-likeness (QED) is 0.00854. The topological polar surface area (TPSA) is 505 Å². The molecule has 0 aliphatic carbocycles. The van der Waals surface area contributed by atoms with Crippen LogP contribution in [0.2, 0.25) is 0 Å². The van der Waals surface area contributed by atoms with E-state index in [4.69, 9.17) is 21.1 Å². The predicted molar refractivity (Wildman–Crippen MR) is 272 cm³/mol. The molecule has 0 aliphatic heterocycles. The summed E-state index contributed by atoms with van der Waals surface area (Å²) in [6.07, 6.45) is 5.27. The summed E-state index contributed by atoms with van der Waals surface area (Å²) in [4.78, 5) is 48.8. The van der Waals surface area contributed by atoms with Crippen molar-refractivity contribution in [1.82, 2.24) is 58.8 Å². The van der Waals surface area contributed by atoms with Crippen molar-refractivity contribution < 1.29 is 137 Å². The molecule has 0 spiro atoms. The van der Waals surface area contributed by atoms with Crippen molar-refractivity contribution in [2.75, 3.05) is 26.7 Å². The van der Waals surface area contributed by atoms with E-state index in [0.717, 1.165) is 78.1 Å². The molecule has 8 rings (SSSR count). The number of carboxylic acids is 1. The number of esters is 2. The molecule has 0 atom stereocenters. The molecule has 85 heavy (non-hydrogen) atoms. The molecule has 3 aromatic carbocycles. The van der Waals surface area contributed by atoms with Crippen molar-refractivity contribution in [2.24, 2.45) is 48.8 Å². The van der Waals surface area contributed by atoms with Crippen LogP contribution in [0.5, 0.6) is 0 Å². The van der Waals surface area contributed by atoms with Crippen LogP contribution in [0.15, 0.2) is 123 Å². The number of benzene rings is 3. The third-order valence-corrected chi connectivity index (χ3v) is 11.5. The molecule has 0 aliphatic rings. The number of rotatable bonds is 12. The number of hydrazine groups is 1. The molecule has 0 saturated carbocycles. The molecule has 0 unspecified atom stereocenters. The van der Waals surface area contributed by atoms with Gasteiger partial charge < -0.3 is 52.3 Å². The zero-order chi connectivity index (χ0) is 60.4. The van der Waals surface area contributed by atoms with Crippen LogP contribution in [0, 0.1) is 45.0 Å². The Morgan fingerprint density at radius 3 is 1.53 bits per heavy atom. The Labute approximate surface area is 522 Å². The fraction of sp³-hybridized carbons (Fsp3) is 0.100. The Bertz CT molecular complexity index is 3900. The van der Waals surface area contributed by atoms with Crippen molar-refractivity contribution in [1.29, 1.82) is 0 Å². The normalized spacial score (nSPS) is 10.7. The molecule has 5 aromatic heterocycles. The molecule has 0 fully saturated rings. The van der Waals surface area contributed by atoms with Crippen LogP contribution in [0.25, 0.3) is 34.2 Å². The second kappa shape index (κ2) is 34.9. The van der Waals surface area contributed by atoms with Crippen molar-refractivity contribution in [3.8, 4) is 34.2 Å². The first-order chi connectivity index (χ1) is 38.3. The van der Waals surface area contributed by atoms with Crippen molar-refractivity contribution >= 4 is 61.9 Å². The van der Waals surface area contributed by atoms with E-state index in [1.807, 2.05) is 0 Å². The van der Waals surface area contributed by atoms with Gasteiger partial charge in [-0.15, -0.1) is 27.9 Å². The first-order valence-corrected chi connectivity index (χ1v) is 24.6. The number of aromatic carboxylic acids is 1. The molecule has 0 amide bonds. The second-order valence-electron chi connectivity index (χ2n) is 14.6. The summed E-state index contributed by atoms with van der Waals surface area (Å²) in [6.45, 7) is 0. The predicted octanol–water partition coefficient (Wildman–Crippen LogP) is -2.40. The number of H-pyrrole nitrogens is 1. The number of nitrogens with one attached hydrogen (secondary N) is 2. The van der Waals surface area contributed by atoms with Gasteiger partial charge in [-0.25, -0.2) is 76.3 Å². The molecule has 0 bridgehead atoms. The van der Waals surface area contributed by atoms with E-state index < -0.39 is 72.9 Å². The smallest absolute Gasteiger partial charge is 0.870 e. The SMILES string of the molecule is COC(=O)c1cc(-c2nnnn2-c2cccc(F)c2F)cn1S(C)(=O)=O.COC(=O)c1cc(C(=Nc2cccc(F)c2F)NN)cn1S(C)(=O)=O.Cl.N/N=N/N=N/N.O=C(O)c1cc(-c2nnnn2-c2cccc(F)c2F)c[nH]1.O=N[O-].[Na+].[Na+].[OH-]. The second-order valence-corrected chi connectivity index (χ2v) is 18.3. The number of aliphatic imine (C=N–C) groups is 1. The van der Waals surface area contributed by atoms with Crippen LogP contribution in [0.1, 0.15) is 37.0 Å². The van der Waals surface area contributed by atoms with Gasteiger partial charge in [0.05, 0.1) is 26.7 Å². The molecule has 444 valence electrons.